The molecule has 2 rings (SSSR count). The van der Waals surface area contributed by atoms with Gasteiger partial charge in [-0.3, -0.25) is 0 Å². The summed E-state index contributed by atoms with van der Waals surface area (Å²) in [5.41, 5.74) is 0.0691. The summed E-state index contributed by atoms with van der Waals surface area (Å²) in [4.78, 5) is 0. The third-order valence-corrected chi connectivity index (χ3v) is 2.96. The zero-order valence-corrected chi connectivity index (χ0v) is 8.75. The van der Waals surface area contributed by atoms with Crippen molar-refractivity contribution >= 4 is 0 Å². The Morgan fingerprint density at radius 1 is 1.14 bits per heavy atom. The van der Waals surface area contributed by atoms with Crippen LogP contribution in [0.15, 0.2) is 24.3 Å². The van der Waals surface area contributed by atoms with Crippen molar-refractivity contribution in [1.82, 2.24) is 0 Å². The molecule has 1 heteroatoms. The molecule has 0 unspecified atom stereocenters. The van der Waals surface area contributed by atoms with Gasteiger partial charge in [0.15, 0.2) is 0 Å². The van der Waals surface area contributed by atoms with E-state index >= 15 is 0 Å². The predicted molar refractivity (Wildman–Crippen MR) is 57.4 cm³/mol. The molecule has 0 N–H and O–H groups in total. The lowest BCUT2D eigenvalue weighted by Gasteiger charge is -2.34. The van der Waals surface area contributed by atoms with Gasteiger partial charge < -0.3 is 4.74 Å². The van der Waals surface area contributed by atoms with Crippen LogP contribution in [0.3, 0.4) is 0 Å². The van der Waals surface area contributed by atoms with E-state index in [1.165, 1.54) is 32.1 Å². The Bertz CT molecular complexity index is 273. The number of ether oxygens (including phenoxy) is 1. The lowest BCUT2D eigenvalue weighted by molar-refractivity contribution is 0.0487. The first-order valence-electron chi connectivity index (χ1n) is 5.44. The predicted octanol–water partition coefficient (Wildman–Crippen LogP) is 3.59. The second-order valence-electron chi connectivity index (χ2n) is 4.35. The molecule has 1 aromatic carbocycles. The molecule has 14 heavy (non-hydrogen) atoms. The topological polar surface area (TPSA) is 9.23 Å². The SMILES string of the molecule is CC1(Oc2cc[c]cc2)CCCCC1. The van der Waals surface area contributed by atoms with Crippen LogP contribution in [0.4, 0.5) is 0 Å². The van der Waals surface area contributed by atoms with E-state index in [4.69, 9.17) is 4.74 Å². The third-order valence-electron chi connectivity index (χ3n) is 2.96. The van der Waals surface area contributed by atoms with Gasteiger partial charge in [0, 0.05) is 0 Å². The first kappa shape index (κ1) is 9.57. The summed E-state index contributed by atoms with van der Waals surface area (Å²) in [6.07, 6.45) is 6.34. The minimum atomic E-state index is 0.0691. The van der Waals surface area contributed by atoms with Gasteiger partial charge in [-0.2, -0.15) is 0 Å². The van der Waals surface area contributed by atoms with Gasteiger partial charge >= 0.3 is 0 Å². The molecule has 0 heterocycles. The van der Waals surface area contributed by atoms with E-state index in [9.17, 15) is 0 Å². The van der Waals surface area contributed by atoms with E-state index < -0.39 is 0 Å². The molecule has 1 aromatic rings. The zero-order valence-electron chi connectivity index (χ0n) is 8.75. The van der Waals surface area contributed by atoms with Gasteiger partial charge in [-0.1, -0.05) is 18.6 Å². The second kappa shape index (κ2) is 4.04. The Labute approximate surface area is 86.1 Å². The molecular formula is C13H17O. The quantitative estimate of drug-likeness (QED) is 0.690. The fourth-order valence-electron chi connectivity index (χ4n) is 2.13. The van der Waals surface area contributed by atoms with Crippen LogP contribution < -0.4 is 4.74 Å². The summed E-state index contributed by atoms with van der Waals surface area (Å²) in [5.74, 6) is 0.980. The minimum Gasteiger partial charge on any atom is -0.488 e. The highest BCUT2D eigenvalue weighted by atomic mass is 16.5. The first-order chi connectivity index (χ1) is 6.79. The molecule has 1 radical (unpaired) electrons. The summed E-state index contributed by atoms with van der Waals surface area (Å²) in [7, 11) is 0. The van der Waals surface area contributed by atoms with Gasteiger partial charge in [0.2, 0.25) is 0 Å². The Morgan fingerprint density at radius 3 is 2.43 bits per heavy atom. The summed E-state index contributed by atoms with van der Waals surface area (Å²) in [5, 5.41) is 0. The number of rotatable bonds is 2. The van der Waals surface area contributed by atoms with Crippen LogP contribution >= 0.6 is 0 Å². The standard InChI is InChI=1S/C13H17O/c1-13(10-6-3-7-11-13)14-12-8-4-2-5-9-12/h4-5,8-9H,3,6-7,10-11H2,1H3. The van der Waals surface area contributed by atoms with Crippen LogP contribution in [0.2, 0.25) is 0 Å². The summed E-state index contributed by atoms with van der Waals surface area (Å²) in [6, 6.07) is 10.8. The fraction of sp³-hybridized carbons (Fsp3) is 0.538. The largest absolute Gasteiger partial charge is 0.488 e. The van der Waals surface area contributed by atoms with Gasteiger partial charge in [0.1, 0.15) is 11.4 Å². The number of hydrogen-bond acceptors (Lipinski definition) is 1. The molecule has 0 amide bonds. The highest BCUT2D eigenvalue weighted by molar-refractivity contribution is 5.21. The maximum Gasteiger partial charge on any atom is 0.120 e. The Kier molecular flexibility index (Phi) is 2.76. The number of benzene rings is 1. The van der Waals surface area contributed by atoms with Crippen molar-refractivity contribution in [2.75, 3.05) is 0 Å². The molecule has 0 spiro atoms. The molecule has 1 nitrogen and oxygen atoms in total. The molecule has 0 aromatic heterocycles. The molecule has 1 saturated carbocycles. The van der Waals surface area contributed by atoms with Crippen molar-refractivity contribution in [2.45, 2.75) is 44.6 Å². The fourth-order valence-corrected chi connectivity index (χ4v) is 2.13. The smallest absolute Gasteiger partial charge is 0.120 e. The molecule has 0 saturated heterocycles. The molecule has 0 atom stereocenters. The van der Waals surface area contributed by atoms with Crippen LogP contribution in [-0.4, -0.2) is 5.60 Å². The Balaban J connectivity index is 2.02. The summed E-state index contributed by atoms with van der Waals surface area (Å²) < 4.78 is 6.02. The van der Waals surface area contributed by atoms with E-state index in [1.54, 1.807) is 0 Å². The van der Waals surface area contributed by atoms with Gasteiger partial charge in [-0.15, -0.1) is 0 Å². The lowest BCUT2D eigenvalue weighted by atomic mass is 9.86. The van der Waals surface area contributed by atoms with Crippen LogP contribution in [0, 0.1) is 6.07 Å². The van der Waals surface area contributed by atoms with Crippen molar-refractivity contribution in [2.24, 2.45) is 0 Å². The molecule has 0 aliphatic heterocycles. The Hall–Kier alpha value is -0.980. The second-order valence-corrected chi connectivity index (χ2v) is 4.35. The first-order valence-corrected chi connectivity index (χ1v) is 5.44. The molecule has 0 bridgehead atoms. The zero-order chi connectivity index (χ0) is 9.86. The van der Waals surface area contributed by atoms with E-state index in [0.29, 0.717) is 0 Å². The van der Waals surface area contributed by atoms with Gasteiger partial charge in [-0.25, -0.2) is 0 Å². The van der Waals surface area contributed by atoms with Crippen LogP contribution in [0.25, 0.3) is 0 Å². The van der Waals surface area contributed by atoms with Crippen LogP contribution in [-0.2, 0) is 0 Å². The van der Waals surface area contributed by atoms with Gasteiger partial charge in [0.25, 0.3) is 0 Å². The van der Waals surface area contributed by atoms with E-state index in [-0.39, 0.29) is 5.60 Å². The van der Waals surface area contributed by atoms with Crippen LogP contribution in [0.1, 0.15) is 39.0 Å². The molecular weight excluding hydrogens is 172 g/mol. The summed E-state index contributed by atoms with van der Waals surface area (Å²) >= 11 is 0. The molecule has 75 valence electrons. The van der Waals surface area contributed by atoms with E-state index in [2.05, 4.69) is 13.0 Å². The summed E-state index contributed by atoms with van der Waals surface area (Å²) in [6.45, 7) is 2.23. The minimum absolute atomic E-state index is 0.0691. The van der Waals surface area contributed by atoms with Crippen LogP contribution in [0.5, 0.6) is 5.75 Å². The normalized spacial score (nSPS) is 20.4. The van der Waals surface area contributed by atoms with Crippen molar-refractivity contribution in [3.05, 3.63) is 30.3 Å². The maximum absolute atomic E-state index is 6.02. The van der Waals surface area contributed by atoms with Crippen molar-refractivity contribution in [3.8, 4) is 5.75 Å². The average molecular weight is 189 g/mol. The Morgan fingerprint density at radius 2 is 1.79 bits per heavy atom. The van der Waals surface area contributed by atoms with Gasteiger partial charge in [0.05, 0.1) is 0 Å². The lowest BCUT2D eigenvalue weighted by Crippen LogP contribution is -2.34. The van der Waals surface area contributed by atoms with E-state index in [0.717, 1.165) is 5.75 Å². The highest BCUT2D eigenvalue weighted by Crippen LogP contribution is 2.32. The molecule has 1 fully saturated rings. The molecule has 1 aliphatic carbocycles. The van der Waals surface area contributed by atoms with E-state index in [1.807, 2.05) is 24.3 Å². The van der Waals surface area contributed by atoms with Crippen molar-refractivity contribution in [3.63, 3.8) is 0 Å². The number of hydrogen-bond donors (Lipinski definition) is 0. The van der Waals surface area contributed by atoms with Gasteiger partial charge in [-0.05, 0) is 50.8 Å². The van der Waals surface area contributed by atoms with Crippen molar-refractivity contribution in [1.29, 1.82) is 0 Å². The van der Waals surface area contributed by atoms with Crippen molar-refractivity contribution < 1.29 is 4.74 Å². The third kappa shape index (κ3) is 2.28. The average Bonchev–Trinajstić information content (AvgIpc) is 2.19. The maximum atomic E-state index is 6.02. The molecule has 1 aliphatic rings. The monoisotopic (exact) mass is 189 g/mol. The highest BCUT2D eigenvalue weighted by Gasteiger charge is 2.28.